The molecule has 1 fully saturated rings. The van der Waals surface area contributed by atoms with Crippen molar-refractivity contribution >= 4 is 33.2 Å². The van der Waals surface area contributed by atoms with Gasteiger partial charge in [0.05, 0.1) is 4.88 Å². The zero-order valence-corrected chi connectivity index (χ0v) is 11.6. The normalized spacial score (nSPS) is 17.2. The number of carbonyl (C=O) groups excluding carboxylic acids is 1. The van der Waals surface area contributed by atoms with Crippen molar-refractivity contribution < 1.29 is 4.79 Å². The SMILES string of the molecule is O=C(c1ccc(CBr)s1)N1CCCCCC1. The molecule has 2 rings (SSSR count). The predicted molar refractivity (Wildman–Crippen MR) is 71.3 cm³/mol. The molecular weight excluding hydrogens is 286 g/mol. The molecule has 0 radical (unpaired) electrons. The lowest BCUT2D eigenvalue weighted by molar-refractivity contribution is 0.0766. The van der Waals surface area contributed by atoms with E-state index >= 15 is 0 Å². The molecule has 16 heavy (non-hydrogen) atoms. The third-order valence-electron chi connectivity index (χ3n) is 2.90. The van der Waals surface area contributed by atoms with Gasteiger partial charge in [0.2, 0.25) is 0 Å². The van der Waals surface area contributed by atoms with Gasteiger partial charge in [-0.3, -0.25) is 4.79 Å². The fourth-order valence-electron chi connectivity index (χ4n) is 1.99. The Balaban J connectivity index is 2.05. The summed E-state index contributed by atoms with van der Waals surface area (Å²) in [6.07, 6.45) is 4.84. The van der Waals surface area contributed by atoms with Gasteiger partial charge in [0.1, 0.15) is 0 Å². The first kappa shape index (κ1) is 12.1. The number of alkyl halides is 1. The zero-order chi connectivity index (χ0) is 11.4. The highest BCUT2D eigenvalue weighted by atomic mass is 79.9. The molecule has 0 bridgehead atoms. The summed E-state index contributed by atoms with van der Waals surface area (Å²) in [5, 5.41) is 0.838. The van der Waals surface area contributed by atoms with Gasteiger partial charge in [-0.25, -0.2) is 0 Å². The Bertz CT molecular complexity index is 356. The van der Waals surface area contributed by atoms with Crippen LogP contribution in [0.15, 0.2) is 12.1 Å². The first-order valence-corrected chi connectivity index (χ1v) is 7.69. The van der Waals surface area contributed by atoms with E-state index in [4.69, 9.17) is 0 Å². The lowest BCUT2D eigenvalue weighted by Crippen LogP contribution is -2.31. The molecule has 0 spiro atoms. The summed E-state index contributed by atoms with van der Waals surface area (Å²) in [5.41, 5.74) is 0. The minimum atomic E-state index is 0.221. The number of hydrogen-bond donors (Lipinski definition) is 0. The third-order valence-corrected chi connectivity index (χ3v) is 4.95. The molecule has 0 atom stereocenters. The van der Waals surface area contributed by atoms with Crippen LogP contribution >= 0.6 is 27.3 Å². The van der Waals surface area contributed by atoms with Crippen molar-refractivity contribution in [1.82, 2.24) is 4.90 Å². The molecule has 0 saturated carbocycles. The van der Waals surface area contributed by atoms with Gasteiger partial charge in [-0.2, -0.15) is 0 Å². The largest absolute Gasteiger partial charge is 0.338 e. The number of thiophene rings is 1. The summed E-state index contributed by atoms with van der Waals surface area (Å²) in [7, 11) is 0. The molecule has 88 valence electrons. The van der Waals surface area contributed by atoms with E-state index < -0.39 is 0 Å². The van der Waals surface area contributed by atoms with Gasteiger partial charge in [-0.15, -0.1) is 11.3 Å². The topological polar surface area (TPSA) is 20.3 Å². The molecule has 2 nitrogen and oxygen atoms in total. The number of amides is 1. The van der Waals surface area contributed by atoms with E-state index in [1.807, 2.05) is 17.0 Å². The Kier molecular flexibility index (Phi) is 4.41. The number of halogens is 1. The lowest BCUT2D eigenvalue weighted by atomic mass is 10.2. The van der Waals surface area contributed by atoms with Crippen LogP contribution in [-0.4, -0.2) is 23.9 Å². The Labute approximate surface area is 109 Å². The van der Waals surface area contributed by atoms with Crippen molar-refractivity contribution in [3.05, 3.63) is 21.9 Å². The molecule has 1 aromatic rings. The van der Waals surface area contributed by atoms with Crippen LogP contribution in [0, 0.1) is 0 Å². The van der Waals surface area contributed by atoms with Crippen molar-refractivity contribution in [1.29, 1.82) is 0 Å². The van der Waals surface area contributed by atoms with Crippen molar-refractivity contribution in [2.24, 2.45) is 0 Å². The molecule has 0 aromatic carbocycles. The van der Waals surface area contributed by atoms with Crippen LogP contribution in [0.5, 0.6) is 0 Å². The molecule has 0 aliphatic carbocycles. The van der Waals surface area contributed by atoms with Gasteiger partial charge in [0.25, 0.3) is 5.91 Å². The van der Waals surface area contributed by atoms with E-state index in [9.17, 15) is 4.79 Å². The Hall–Kier alpha value is -0.350. The maximum atomic E-state index is 12.2. The second kappa shape index (κ2) is 5.82. The first-order chi connectivity index (χ1) is 7.81. The summed E-state index contributed by atoms with van der Waals surface area (Å²) in [4.78, 5) is 16.3. The standard InChI is InChI=1S/C12H16BrNOS/c13-9-10-5-6-11(16-10)12(15)14-7-3-1-2-4-8-14/h5-6H,1-4,7-9H2. The molecule has 2 heterocycles. The summed E-state index contributed by atoms with van der Waals surface area (Å²) >= 11 is 5.02. The van der Waals surface area contributed by atoms with Crippen molar-refractivity contribution in [2.75, 3.05) is 13.1 Å². The number of carbonyl (C=O) groups is 1. The average molecular weight is 302 g/mol. The number of nitrogens with zero attached hydrogens (tertiary/aromatic N) is 1. The summed E-state index contributed by atoms with van der Waals surface area (Å²) in [5.74, 6) is 0.221. The third kappa shape index (κ3) is 2.86. The van der Waals surface area contributed by atoms with Gasteiger partial charge in [0.15, 0.2) is 0 Å². The molecular formula is C12H16BrNOS. The van der Waals surface area contributed by atoms with E-state index in [-0.39, 0.29) is 5.91 Å². The minimum absolute atomic E-state index is 0.221. The van der Waals surface area contributed by atoms with Crippen molar-refractivity contribution in [3.63, 3.8) is 0 Å². The summed E-state index contributed by atoms with van der Waals surface area (Å²) < 4.78 is 0. The zero-order valence-electron chi connectivity index (χ0n) is 9.25. The van der Waals surface area contributed by atoms with Gasteiger partial charge in [0, 0.05) is 23.3 Å². The lowest BCUT2D eigenvalue weighted by Gasteiger charge is -2.19. The van der Waals surface area contributed by atoms with E-state index in [1.165, 1.54) is 17.7 Å². The van der Waals surface area contributed by atoms with Crippen LogP contribution in [0.25, 0.3) is 0 Å². The molecule has 4 heteroatoms. The van der Waals surface area contributed by atoms with E-state index in [0.29, 0.717) is 0 Å². The van der Waals surface area contributed by atoms with Gasteiger partial charge < -0.3 is 4.90 Å². The molecule has 1 amide bonds. The predicted octanol–water partition coefficient (Wildman–Crippen LogP) is 3.66. The van der Waals surface area contributed by atoms with Crippen LogP contribution in [0.3, 0.4) is 0 Å². The highest BCUT2D eigenvalue weighted by molar-refractivity contribution is 9.08. The van der Waals surface area contributed by atoms with E-state index in [0.717, 1.165) is 36.1 Å². The van der Waals surface area contributed by atoms with Crippen LogP contribution < -0.4 is 0 Å². The molecule has 1 saturated heterocycles. The van der Waals surface area contributed by atoms with Gasteiger partial charge >= 0.3 is 0 Å². The average Bonchev–Trinajstić information content (AvgIpc) is 2.62. The van der Waals surface area contributed by atoms with Crippen molar-refractivity contribution in [3.8, 4) is 0 Å². The van der Waals surface area contributed by atoms with E-state index in [2.05, 4.69) is 15.9 Å². The van der Waals surface area contributed by atoms with Gasteiger partial charge in [-0.1, -0.05) is 28.8 Å². The highest BCUT2D eigenvalue weighted by Gasteiger charge is 2.18. The fourth-order valence-corrected chi connectivity index (χ4v) is 3.35. The van der Waals surface area contributed by atoms with Crippen LogP contribution in [0.2, 0.25) is 0 Å². The first-order valence-electron chi connectivity index (χ1n) is 5.75. The molecule has 1 aliphatic rings. The maximum absolute atomic E-state index is 12.2. The van der Waals surface area contributed by atoms with Crippen LogP contribution in [0.1, 0.15) is 40.2 Å². The molecule has 1 aliphatic heterocycles. The van der Waals surface area contributed by atoms with E-state index in [1.54, 1.807) is 11.3 Å². The Morgan fingerprint density at radius 3 is 2.50 bits per heavy atom. The Morgan fingerprint density at radius 1 is 1.25 bits per heavy atom. The molecule has 0 N–H and O–H groups in total. The number of rotatable bonds is 2. The monoisotopic (exact) mass is 301 g/mol. The molecule has 0 unspecified atom stereocenters. The van der Waals surface area contributed by atoms with Crippen LogP contribution in [0.4, 0.5) is 0 Å². The second-order valence-corrected chi connectivity index (χ2v) is 5.84. The summed E-state index contributed by atoms with van der Waals surface area (Å²) in [6, 6.07) is 3.99. The number of hydrogen-bond acceptors (Lipinski definition) is 2. The highest BCUT2D eigenvalue weighted by Crippen LogP contribution is 2.22. The molecule has 1 aromatic heterocycles. The van der Waals surface area contributed by atoms with Gasteiger partial charge in [-0.05, 0) is 25.0 Å². The van der Waals surface area contributed by atoms with Crippen LogP contribution in [-0.2, 0) is 5.33 Å². The quantitative estimate of drug-likeness (QED) is 0.764. The summed E-state index contributed by atoms with van der Waals surface area (Å²) in [6.45, 7) is 1.86. The minimum Gasteiger partial charge on any atom is -0.338 e. The second-order valence-electron chi connectivity index (χ2n) is 4.11. The fraction of sp³-hybridized carbons (Fsp3) is 0.583. The Morgan fingerprint density at radius 2 is 1.94 bits per heavy atom. The smallest absolute Gasteiger partial charge is 0.263 e. The number of likely N-dealkylation sites (tertiary alicyclic amines) is 1. The van der Waals surface area contributed by atoms with Crippen molar-refractivity contribution in [2.45, 2.75) is 31.0 Å². The maximum Gasteiger partial charge on any atom is 0.263 e.